The van der Waals surface area contributed by atoms with Crippen molar-refractivity contribution < 1.29 is 48.1 Å². The number of carbonyl (C=O) groups is 3. The highest BCUT2D eigenvalue weighted by atomic mass is 19.1. The molecule has 10 nitrogen and oxygen atoms in total. The molecule has 1 saturated heterocycles. The molecule has 1 aromatic carbocycles. The standard InChI is InChI=1S/C34H47BFNO9/c1-19-7-12-34-13-8-23(39)30(34)33(19,4)25(46-27(41)18-44-24-6-5-21-17-45-35(43)28(21)29(24)36)15-32(3,31(42)20(34)2)11-9-26(40)37-14-10-22(38)16-37/h5-6,19-20,22,25,30-31,38,42-43H,7-18H2,1-4H3/t19-,20+,22+,25-,30+,31+,32-,33+,34+/m1/s1. The van der Waals surface area contributed by atoms with Crippen LogP contribution in [0.2, 0.25) is 0 Å². The molecule has 3 aliphatic carbocycles. The van der Waals surface area contributed by atoms with Crippen molar-refractivity contribution in [2.24, 2.45) is 34.0 Å². The van der Waals surface area contributed by atoms with E-state index in [0.29, 0.717) is 44.3 Å². The number of halogens is 1. The maximum Gasteiger partial charge on any atom is 0.494 e. The van der Waals surface area contributed by atoms with E-state index >= 15 is 4.39 Å². The maximum absolute atomic E-state index is 15.1. The number of likely N-dealkylation sites (tertiary alicyclic amines) is 1. The zero-order chi connectivity index (χ0) is 33.2. The summed E-state index contributed by atoms with van der Waals surface area (Å²) in [6, 6.07) is 2.97. The van der Waals surface area contributed by atoms with Crippen molar-refractivity contribution in [3.8, 4) is 5.75 Å². The molecule has 1 amide bonds. The second-order valence-corrected chi connectivity index (χ2v) is 15.2. The third-order valence-corrected chi connectivity index (χ3v) is 12.8. The second-order valence-electron chi connectivity index (χ2n) is 15.2. The first-order chi connectivity index (χ1) is 21.7. The number of esters is 1. The van der Waals surface area contributed by atoms with Crippen LogP contribution in [0.3, 0.4) is 0 Å². The summed E-state index contributed by atoms with van der Waals surface area (Å²) in [7, 11) is -1.41. The molecule has 1 aromatic rings. The van der Waals surface area contributed by atoms with Crippen LogP contribution in [0.25, 0.3) is 0 Å². The molecule has 0 aromatic heterocycles. The van der Waals surface area contributed by atoms with Crippen molar-refractivity contribution in [1.29, 1.82) is 0 Å². The number of β-amino-alcohol motifs (C(OH)–C–C–N with tert-alkyl or cyclic N) is 1. The maximum atomic E-state index is 15.1. The number of benzene rings is 1. The van der Waals surface area contributed by atoms with E-state index < -0.39 is 66.0 Å². The minimum atomic E-state index is -1.41. The lowest BCUT2D eigenvalue weighted by Crippen LogP contribution is -2.63. The molecule has 0 unspecified atom stereocenters. The molecule has 6 rings (SSSR count). The normalized spacial score (nSPS) is 38.7. The number of Topliss-reactive ketones (excluding diaryl/α,β-unsaturated/α-hetero) is 1. The molecule has 3 N–H and O–H groups in total. The Morgan fingerprint density at radius 3 is 2.65 bits per heavy atom. The van der Waals surface area contributed by atoms with Gasteiger partial charge in [-0.25, -0.2) is 9.18 Å². The van der Waals surface area contributed by atoms with Gasteiger partial charge >= 0.3 is 13.1 Å². The number of rotatable bonds is 7. The zero-order valence-corrected chi connectivity index (χ0v) is 27.3. The van der Waals surface area contributed by atoms with Gasteiger partial charge in [0.1, 0.15) is 11.9 Å². The molecule has 0 spiro atoms. The zero-order valence-electron chi connectivity index (χ0n) is 27.3. The van der Waals surface area contributed by atoms with Crippen molar-refractivity contribution in [2.45, 2.75) is 104 Å². The number of amides is 1. The first-order valence-corrected chi connectivity index (χ1v) is 16.8. The summed E-state index contributed by atoms with van der Waals surface area (Å²) >= 11 is 0. The molecule has 0 radical (unpaired) electrons. The van der Waals surface area contributed by atoms with Crippen molar-refractivity contribution >= 4 is 30.2 Å². The van der Waals surface area contributed by atoms with Gasteiger partial charge in [-0.15, -0.1) is 0 Å². The van der Waals surface area contributed by atoms with Crippen LogP contribution < -0.4 is 10.2 Å². The van der Waals surface area contributed by atoms with E-state index in [2.05, 4.69) is 6.92 Å². The molecule has 12 heteroatoms. The average molecular weight is 644 g/mol. The summed E-state index contributed by atoms with van der Waals surface area (Å²) < 4.78 is 32.1. The number of aliphatic hydroxyl groups excluding tert-OH is 2. The van der Waals surface area contributed by atoms with E-state index in [-0.39, 0.29) is 54.2 Å². The molecule has 2 bridgehead atoms. The van der Waals surface area contributed by atoms with Gasteiger partial charge in [0.2, 0.25) is 5.91 Å². The van der Waals surface area contributed by atoms with Crippen LogP contribution >= 0.6 is 0 Å². The summed E-state index contributed by atoms with van der Waals surface area (Å²) in [5, 5.41) is 32.1. The van der Waals surface area contributed by atoms with Crippen molar-refractivity contribution in [3.63, 3.8) is 0 Å². The van der Waals surface area contributed by atoms with Gasteiger partial charge in [-0.2, -0.15) is 0 Å². The number of ketones is 1. The molecule has 2 aliphatic heterocycles. The Kier molecular flexibility index (Phi) is 8.83. The molecule has 3 saturated carbocycles. The third kappa shape index (κ3) is 5.37. The third-order valence-electron chi connectivity index (χ3n) is 12.8. The van der Waals surface area contributed by atoms with E-state index in [1.807, 2.05) is 20.8 Å². The van der Waals surface area contributed by atoms with E-state index in [0.717, 1.165) is 12.8 Å². The molecule has 252 valence electrons. The molecule has 4 fully saturated rings. The topological polar surface area (TPSA) is 143 Å². The van der Waals surface area contributed by atoms with Gasteiger partial charge in [-0.3, -0.25) is 9.59 Å². The van der Waals surface area contributed by atoms with Gasteiger partial charge in [-0.05, 0) is 72.8 Å². The quantitative estimate of drug-likeness (QED) is 0.302. The Labute approximate surface area is 270 Å². The SMILES string of the molecule is C[C@@H]1CC[C@@]23CCC(=O)[C@H]2[C@]1(C)[C@H](OC(=O)COc1ccc2c(c1F)B(O)OC2)C[C@@](C)(CCC(=O)N1CC[C@H](O)C1)[C@@H](O)[C@@H]3C. The smallest absolute Gasteiger partial charge is 0.479 e. The minimum Gasteiger partial charge on any atom is -0.479 e. The Morgan fingerprint density at radius 2 is 1.93 bits per heavy atom. The van der Waals surface area contributed by atoms with Crippen LogP contribution in [-0.4, -0.2) is 82.9 Å². The number of ether oxygens (including phenoxy) is 2. The highest BCUT2D eigenvalue weighted by Crippen LogP contribution is 2.68. The number of carbonyl (C=O) groups excluding carboxylic acids is 3. The van der Waals surface area contributed by atoms with Gasteiger partial charge in [0.25, 0.3) is 0 Å². The fourth-order valence-electron chi connectivity index (χ4n) is 9.82. The van der Waals surface area contributed by atoms with Crippen molar-refractivity contribution in [3.05, 3.63) is 23.5 Å². The Hall–Kier alpha value is -2.54. The van der Waals surface area contributed by atoms with Crippen LogP contribution in [0, 0.1) is 39.8 Å². The van der Waals surface area contributed by atoms with Crippen molar-refractivity contribution in [1.82, 2.24) is 4.90 Å². The highest BCUT2D eigenvalue weighted by Gasteiger charge is 2.68. The monoisotopic (exact) mass is 643 g/mol. The Morgan fingerprint density at radius 1 is 1.17 bits per heavy atom. The molecule has 46 heavy (non-hydrogen) atoms. The summed E-state index contributed by atoms with van der Waals surface area (Å²) in [6.07, 6.45) is 1.81. The molecule has 9 atom stereocenters. The van der Waals surface area contributed by atoms with Gasteiger partial charge < -0.3 is 34.3 Å². The first-order valence-electron chi connectivity index (χ1n) is 16.8. The predicted molar refractivity (Wildman–Crippen MR) is 165 cm³/mol. The number of hydrogen-bond acceptors (Lipinski definition) is 9. The average Bonchev–Trinajstić information content (AvgIpc) is 3.73. The second kappa shape index (κ2) is 12.2. The fourth-order valence-corrected chi connectivity index (χ4v) is 9.82. The molecular formula is C34H47BFNO9. The number of aliphatic hydroxyl groups is 2. The molecule has 2 heterocycles. The fraction of sp³-hybridized carbons (Fsp3) is 0.735. The van der Waals surface area contributed by atoms with Gasteiger partial charge in [0.15, 0.2) is 18.2 Å². The van der Waals surface area contributed by atoms with Gasteiger partial charge in [0.05, 0.1) is 18.8 Å². The van der Waals surface area contributed by atoms with E-state index in [1.54, 1.807) is 11.0 Å². The summed E-state index contributed by atoms with van der Waals surface area (Å²) in [5.74, 6) is -2.27. The lowest BCUT2D eigenvalue weighted by molar-refractivity contribution is -0.213. The lowest BCUT2D eigenvalue weighted by Gasteiger charge is -2.62. The predicted octanol–water partition coefficient (Wildman–Crippen LogP) is 2.52. The van der Waals surface area contributed by atoms with E-state index in [4.69, 9.17) is 14.1 Å². The van der Waals surface area contributed by atoms with Crippen LogP contribution in [0.5, 0.6) is 5.75 Å². The highest BCUT2D eigenvalue weighted by molar-refractivity contribution is 6.61. The van der Waals surface area contributed by atoms with Crippen LogP contribution in [0.15, 0.2) is 12.1 Å². The number of hydrogen-bond donors (Lipinski definition) is 3. The summed E-state index contributed by atoms with van der Waals surface area (Å²) in [6.45, 7) is 8.40. The molecule has 5 aliphatic rings. The Balaban J connectivity index is 1.28. The van der Waals surface area contributed by atoms with Gasteiger partial charge in [0, 0.05) is 42.7 Å². The van der Waals surface area contributed by atoms with Crippen LogP contribution in [-0.2, 0) is 30.4 Å². The van der Waals surface area contributed by atoms with Gasteiger partial charge in [-0.1, -0.05) is 33.8 Å². The largest absolute Gasteiger partial charge is 0.494 e. The van der Waals surface area contributed by atoms with Crippen LogP contribution in [0.1, 0.15) is 84.6 Å². The molecular weight excluding hydrogens is 596 g/mol. The summed E-state index contributed by atoms with van der Waals surface area (Å²) in [4.78, 5) is 42.1. The minimum absolute atomic E-state index is 0.0117. The number of nitrogens with zero attached hydrogens (tertiary/aromatic N) is 1. The van der Waals surface area contributed by atoms with Crippen molar-refractivity contribution in [2.75, 3.05) is 19.7 Å². The lowest BCUT2D eigenvalue weighted by atomic mass is 9.43. The van der Waals surface area contributed by atoms with Crippen LogP contribution in [0.4, 0.5) is 4.39 Å². The Bertz CT molecular complexity index is 1390. The van der Waals surface area contributed by atoms with E-state index in [1.165, 1.54) is 6.07 Å². The van der Waals surface area contributed by atoms with E-state index in [9.17, 15) is 29.6 Å². The number of fused-ring (bicyclic) bond motifs is 1. The summed E-state index contributed by atoms with van der Waals surface area (Å²) in [5.41, 5.74) is -1.53. The first kappa shape index (κ1) is 33.4.